The molecule has 0 saturated carbocycles. The second kappa shape index (κ2) is 6.19. The van der Waals surface area contributed by atoms with Gasteiger partial charge in [-0.05, 0) is 41.8 Å². The number of thiophene rings is 2. The number of carbonyl (C=O) groups is 1. The monoisotopic (exact) mass is 360 g/mol. The van der Waals surface area contributed by atoms with E-state index in [4.69, 9.17) is 0 Å². The molecule has 0 unspecified atom stereocenters. The van der Waals surface area contributed by atoms with Gasteiger partial charge >= 0.3 is 0 Å². The van der Waals surface area contributed by atoms with E-state index in [1.807, 2.05) is 10.3 Å². The van der Waals surface area contributed by atoms with Crippen LogP contribution in [0.2, 0.25) is 0 Å². The van der Waals surface area contributed by atoms with Crippen molar-refractivity contribution >= 4 is 39.9 Å². The summed E-state index contributed by atoms with van der Waals surface area (Å²) >= 11 is 5.08. The van der Waals surface area contributed by atoms with Crippen LogP contribution < -0.4 is 0 Å². The summed E-state index contributed by atoms with van der Waals surface area (Å²) in [5.74, 6) is 0.177. The van der Waals surface area contributed by atoms with E-state index in [2.05, 4.69) is 40.2 Å². The van der Waals surface area contributed by atoms with Crippen LogP contribution in [0.1, 0.15) is 29.1 Å². The summed E-state index contributed by atoms with van der Waals surface area (Å²) in [5.41, 5.74) is 3.34. The molecule has 3 nitrogen and oxygen atoms in total. The SMILES string of the molecule is C[C@@H]1c2ccsc2CCN1C(=O)Cc1csc(-c2ccsc2)n1. The fourth-order valence-corrected chi connectivity index (χ4v) is 5.51. The average Bonchev–Trinajstić information content (AvgIpc) is 3.28. The summed E-state index contributed by atoms with van der Waals surface area (Å²) in [5, 5.41) is 9.28. The number of nitrogens with zero attached hydrogens (tertiary/aromatic N) is 2. The van der Waals surface area contributed by atoms with E-state index in [1.54, 1.807) is 34.0 Å². The highest BCUT2D eigenvalue weighted by atomic mass is 32.1. The third kappa shape index (κ3) is 2.86. The first-order valence-electron chi connectivity index (χ1n) is 7.55. The van der Waals surface area contributed by atoms with E-state index in [-0.39, 0.29) is 11.9 Å². The van der Waals surface area contributed by atoms with Crippen LogP contribution in [-0.2, 0) is 17.6 Å². The van der Waals surface area contributed by atoms with Crippen molar-refractivity contribution in [1.29, 1.82) is 0 Å². The number of aromatic nitrogens is 1. The lowest BCUT2D eigenvalue weighted by molar-refractivity contribution is -0.133. The molecule has 118 valence electrons. The third-order valence-corrected chi connectivity index (χ3v) is 6.87. The van der Waals surface area contributed by atoms with Crippen LogP contribution in [0.5, 0.6) is 0 Å². The first kappa shape index (κ1) is 15.1. The molecule has 4 heterocycles. The van der Waals surface area contributed by atoms with E-state index >= 15 is 0 Å². The van der Waals surface area contributed by atoms with Crippen LogP contribution in [0.4, 0.5) is 0 Å². The number of carbonyl (C=O) groups excluding carboxylic acids is 1. The van der Waals surface area contributed by atoms with Crippen LogP contribution in [0.3, 0.4) is 0 Å². The Labute approximate surface area is 147 Å². The molecule has 4 rings (SSSR count). The van der Waals surface area contributed by atoms with Crippen LogP contribution in [-0.4, -0.2) is 22.3 Å². The maximum atomic E-state index is 12.7. The number of rotatable bonds is 3. The Morgan fingerprint density at radius 2 is 2.22 bits per heavy atom. The van der Waals surface area contributed by atoms with Crippen molar-refractivity contribution in [2.24, 2.45) is 0 Å². The molecule has 1 atom stereocenters. The summed E-state index contributed by atoms with van der Waals surface area (Å²) in [6, 6.07) is 4.40. The molecule has 0 bridgehead atoms. The van der Waals surface area contributed by atoms with Gasteiger partial charge in [0.15, 0.2) is 0 Å². The fraction of sp³-hybridized carbons (Fsp3) is 0.294. The first-order valence-corrected chi connectivity index (χ1v) is 10.3. The quantitative estimate of drug-likeness (QED) is 0.683. The lowest BCUT2D eigenvalue weighted by Gasteiger charge is -2.33. The van der Waals surface area contributed by atoms with Gasteiger partial charge in [0, 0.05) is 27.7 Å². The third-order valence-electron chi connectivity index (χ3n) is 4.25. The maximum Gasteiger partial charge on any atom is 0.229 e. The van der Waals surface area contributed by atoms with Gasteiger partial charge in [0.1, 0.15) is 5.01 Å². The lowest BCUT2D eigenvalue weighted by atomic mass is 10.0. The Morgan fingerprint density at radius 1 is 1.30 bits per heavy atom. The molecular weight excluding hydrogens is 344 g/mol. The zero-order valence-electron chi connectivity index (χ0n) is 12.7. The molecule has 0 aromatic carbocycles. The Hall–Kier alpha value is -1.50. The van der Waals surface area contributed by atoms with Crippen LogP contribution >= 0.6 is 34.0 Å². The summed E-state index contributed by atoms with van der Waals surface area (Å²) in [6.45, 7) is 2.94. The number of amides is 1. The normalized spacial score (nSPS) is 17.3. The van der Waals surface area contributed by atoms with Gasteiger partial charge in [-0.1, -0.05) is 0 Å². The summed E-state index contributed by atoms with van der Waals surface area (Å²) in [7, 11) is 0. The molecular formula is C17H16N2OS3. The molecule has 0 aliphatic carbocycles. The molecule has 3 aromatic rings. The Morgan fingerprint density at radius 3 is 3.04 bits per heavy atom. The van der Waals surface area contributed by atoms with Crippen LogP contribution in [0, 0.1) is 0 Å². The predicted octanol–water partition coefficient (Wildman–Crippen LogP) is 4.62. The van der Waals surface area contributed by atoms with Crippen molar-refractivity contribution in [2.75, 3.05) is 6.54 Å². The largest absolute Gasteiger partial charge is 0.335 e. The van der Waals surface area contributed by atoms with Crippen molar-refractivity contribution in [3.8, 4) is 10.6 Å². The zero-order chi connectivity index (χ0) is 15.8. The Bertz CT molecular complexity index is 819. The van der Waals surface area contributed by atoms with Crippen molar-refractivity contribution in [3.05, 3.63) is 49.8 Å². The molecule has 0 fully saturated rings. The number of thiazole rings is 1. The first-order chi connectivity index (χ1) is 11.2. The Kier molecular flexibility index (Phi) is 4.05. The summed E-state index contributed by atoms with van der Waals surface area (Å²) in [4.78, 5) is 20.8. The molecule has 3 aromatic heterocycles. The van der Waals surface area contributed by atoms with E-state index in [0.717, 1.165) is 29.2 Å². The predicted molar refractivity (Wildman–Crippen MR) is 97.3 cm³/mol. The van der Waals surface area contributed by atoms with E-state index in [1.165, 1.54) is 10.4 Å². The van der Waals surface area contributed by atoms with Crippen molar-refractivity contribution in [3.63, 3.8) is 0 Å². The van der Waals surface area contributed by atoms with Gasteiger partial charge < -0.3 is 4.90 Å². The molecule has 1 amide bonds. The highest BCUT2D eigenvalue weighted by Gasteiger charge is 2.28. The topological polar surface area (TPSA) is 33.2 Å². The molecule has 1 aliphatic rings. The second-order valence-electron chi connectivity index (χ2n) is 5.65. The van der Waals surface area contributed by atoms with Gasteiger partial charge in [0.05, 0.1) is 18.2 Å². The van der Waals surface area contributed by atoms with Gasteiger partial charge in [-0.25, -0.2) is 4.98 Å². The van der Waals surface area contributed by atoms with Gasteiger partial charge in [0.25, 0.3) is 0 Å². The molecule has 23 heavy (non-hydrogen) atoms. The van der Waals surface area contributed by atoms with Crippen molar-refractivity contribution in [2.45, 2.75) is 25.8 Å². The van der Waals surface area contributed by atoms with E-state index in [9.17, 15) is 4.79 Å². The minimum absolute atomic E-state index is 0.174. The number of fused-ring (bicyclic) bond motifs is 1. The minimum atomic E-state index is 0.174. The molecule has 0 N–H and O–H groups in total. The number of hydrogen-bond donors (Lipinski definition) is 0. The van der Waals surface area contributed by atoms with Crippen molar-refractivity contribution < 1.29 is 4.79 Å². The van der Waals surface area contributed by atoms with E-state index < -0.39 is 0 Å². The van der Waals surface area contributed by atoms with Gasteiger partial charge in [0.2, 0.25) is 5.91 Å². The molecule has 0 saturated heterocycles. The second-order valence-corrected chi connectivity index (χ2v) is 8.28. The smallest absolute Gasteiger partial charge is 0.229 e. The maximum absolute atomic E-state index is 12.7. The van der Waals surface area contributed by atoms with Gasteiger partial charge in [-0.3, -0.25) is 4.79 Å². The fourth-order valence-electron chi connectivity index (χ4n) is 3.01. The molecule has 6 heteroatoms. The average molecular weight is 361 g/mol. The number of hydrogen-bond acceptors (Lipinski definition) is 5. The highest BCUT2D eigenvalue weighted by molar-refractivity contribution is 7.14. The summed E-state index contributed by atoms with van der Waals surface area (Å²) < 4.78 is 0. The zero-order valence-corrected chi connectivity index (χ0v) is 15.1. The lowest BCUT2D eigenvalue weighted by Crippen LogP contribution is -2.39. The van der Waals surface area contributed by atoms with Gasteiger partial charge in [-0.15, -0.1) is 22.7 Å². The standard InChI is InChI=1S/C17H16N2OS3/c1-11-14-4-7-22-15(14)2-5-19(11)16(20)8-13-10-23-17(18-13)12-3-6-21-9-12/h3-4,6-7,9-11H,2,5,8H2,1H3/t11-/m1/s1. The van der Waals surface area contributed by atoms with E-state index in [0.29, 0.717) is 6.42 Å². The van der Waals surface area contributed by atoms with Gasteiger partial charge in [-0.2, -0.15) is 11.3 Å². The van der Waals surface area contributed by atoms with Crippen LogP contribution in [0.15, 0.2) is 33.7 Å². The van der Waals surface area contributed by atoms with Crippen molar-refractivity contribution in [1.82, 2.24) is 9.88 Å². The van der Waals surface area contributed by atoms with Crippen LogP contribution in [0.25, 0.3) is 10.6 Å². The molecule has 0 spiro atoms. The molecule has 0 radical (unpaired) electrons. The highest BCUT2D eigenvalue weighted by Crippen LogP contribution is 2.33. The summed E-state index contributed by atoms with van der Waals surface area (Å²) in [6.07, 6.45) is 1.37. The molecule has 1 aliphatic heterocycles. The Balaban J connectivity index is 1.48. The minimum Gasteiger partial charge on any atom is -0.335 e.